The molecule has 1 aromatic heterocycles. The Bertz CT molecular complexity index is 436. The van der Waals surface area contributed by atoms with Crippen LogP contribution in [-0.2, 0) is 0 Å². The molecule has 1 aliphatic carbocycles. The fraction of sp³-hybridized carbons (Fsp3) is 0.812. The second-order valence-corrected chi connectivity index (χ2v) is 8.30. The van der Waals surface area contributed by atoms with Crippen LogP contribution >= 0.6 is 11.3 Å². The van der Waals surface area contributed by atoms with Crippen LogP contribution in [0.5, 0.6) is 0 Å². The first-order valence-electron chi connectivity index (χ1n) is 7.48. The van der Waals surface area contributed by atoms with Gasteiger partial charge in [0.1, 0.15) is 0 Å². The second-order valence-electron chi connectivity index (χ2n) is 7.06. The number of rotatable bonds is 3. The summed E-state index contributed by atoms with van der Waals surface area (Å²) in [7, 11) is 0. The van der Waals surface area contributed by atoms with Crippen molar-refractivity contribution in [2.45, 2.75) is 72.9 Å². The van der Waals surface area contributed by atoms with Gasteiger partial charge < -0.3 is 5.32 Å². The normalized spacial score (nSPS) is 28.3. The minimum atomic E-state index is 0.430. The maximum absolute atomic E-state index is 4.55. The van der Waals surface area contributed by atoms with Crippen LogP contribution in [0.3, 0.4) is 0 Å². The lowest BCUT2D eigenvalue weighted by Gasteiger charge is -2.40. The van der Waals surface area contributed by atoms with Crippen molar-refractivity contribution in [3.05, 3.63) is 15.6 Å². The van der Waals surface area contributed by atoms with Gasteiger partial charge in [0.2, 0.25) is 0 Å². The van der Waals surface area contributed by atoms with E-state index in [2.05, 4.69) is 51.8 Å². The molecule has 3 heteroatoms. The zero-order valence-corrected chi connectivity index (χ0v) is 14.0. The fourth-order valence-corrected chi connectivity index (χ4v) is 4.48. The summed E-state index contributed by atoms with van der Waals surface area (Å²) in [5.74, 6) is 0.764. The zero-order chi connectivity index (χ0) is 14.2. The standard InChI is InChI=1S/C16H28N2S/c1-10-9-16(5,6)8-7-14(10)18-12(3)15-11(2)17-13(4)19-15/h10,12,14,18H,7-9H2,1-6H3. The Kier molecular flexibility index (Phi) is 4.36. The highest BCUT2D eigenvalue weighted by Gasteiger charge is 2.33. The Labute approximate surface area is 122 Å². The van der Waals surface area contributed by atoms with Gasteiger partial charge >= 0.3 is 0 Å². The Morgan fingerprint density at radius 3 is 2.58 bits per heavy atom. The number of nitrogens with one attached hydrogen (secondary N) is 1. The van der Waals surface area contributed by atoms with E-state index in [-0.39, 0.29) is 0 Å². The van der Waals surface area contributed by atoms with Crippen LogP contribution in [0.25, 0.3) is 0 Å². The van der Waals surface area contributed by atoms with E-state index in [1.807, 2.05) is 11.3 Å². The molecule has 1 saturated carbocycles. The van der Waals surface area contributed by atoms with Crippen LogP contribution in [0.4, 0.5) is 0 Å². The van der Waals surface area contributed by atoms with Crippen LogP contribution in [0, 0.1) is 25.2 Å². The van der Waals surface area contributed by atoms with E-state index >= 15 is 0 Å². The van der Waals surface area contributed by atoms with Crippen molar-refractivity contribution >= 4 is 11.3 Å². The molecular formula is C16H28N2S. The summed E-state index contributed by atoms with van der Waals surface area (Å²) in [6.45, 7) is 13.7. The molecule has 0 amide bonds. The molecule has 3 unspecified atom stereocenters. The molecule has 0 saturated heterocycles. The molecule has 0 spiro atoms. The molecule has 19 heavy (non-hydrogen) atoms. The minimum Gasteiger partial charge on any atom is -0.306 e. The fourth-order valence-electron chi connectivity index (χ4n) is 3.54. The van der Waals surface area contributed by atoms with Gasteiger partial charge in [-0.1, -0.05) is 20.8 Å². The molecule has 1 N–H and O–H groups in total. The molecule has 2 nitrogen and oxygen atoms in total. The second kappa shape index (κ2) is 5.53. The van der Waals surface area contributed by atoms with Crippen molar-refractivity contribution in [2.75, 3.05) is 0 Å². The molecule has 2 rings (SSSR count). The van der Waals surface area contributed by atoms with Gasteiger partial charge in [-0.2, -0.15) is 0 Å². The van der Waals surface area contributed by atoms with Crippen LogP contribution in [0.1, 0.15) is 68.6 Å². The molecule has 0 aromatic carbocycles. The number of hydrogen-bond acceptors (Lipinski definition) is 3. The van der Waals surface area contributed by atoms with E-state index in [4.69, 9.17) is 0 Å². The van der Waals surface area contributed by atoms with Crippen LogP contribution in [-0.4, -0.2) is 11.0 Å². The van der Waals surface area contributed by atoms with E-state index in [0.717, 1.165) is 5.92 Å². The van der Waals surface area contributed by atoms with Gasteiger partial charge in [-0.25, -0.2) is 4.98 Å². The van der Waals surface area contributed by atoms with Gasteiger partial charge in [0.05, 0.1) is 10.7 Å². The van der Waals surface area contributed by atoms with E-state index in [1.54, 1.807) is 0 Å². The summed E-state index contributed by atoms with van der Waals surface area (Å²) < 4.78 is 0. The van der Waals surface area contributed by atoms with Crippen molar-refractivity contribution in [3.8, 4) is 0 Å². The summed E-state index contributed by atoms with van der Waals surface area (Å²) in [6.07, 6.45) is 3.97. The van der Waals surface area contributed by atoms with Gasteiger partial charge in [-0.15, -0.1) is 11.3 Å². The molecular weight excluding hydrogens is 252 g/mol. The van der Waals surface area contributed by atoms with Gasteiger partial charge in [-0.3, -0.25) is 0 Å². The number of nitrogens with zero attached hydrogens (tertiary/aromatic N) is 1. The lowest BCUT2D eigenvalue weighted by atomic mass is 9.70. The summed E-state index contributed by atoms with van der Waals surface area (Å²) in [5, 5.41) is 5.03. The predicted octanol–water partition coefficient (Wildman–Crippen LogP) is 4.63. The Balaban J connectivity index is 2.00. The van der Waals surface area contributed by atoms with Gasteiger partial charge in [0, 0.05) is 17.0 Å². The highest BCUT2D eigenvalue weighted by molar-refractivity contribution is 7.11. The maximum atomic E-state index is 4.55. The van der Waals surface area contributed by atoms with Crippen LogP contribution in [0.2, 0.25) is 0 Å². The highest BCUT2D eigenvalue weighted by Crippen LogP contribution is 2.39. The van der Waals surface area contributed by atoms with E-state index in [9.17, 15) is 0 Å². The van der Waals surface area contributed by atoms with Crippen molar-refractivity contribution in [3.63, 3.8) is 0 Å². The SMILES string of the molecule is Cc1nc(C)c(C(C)NC2CCC(C)(C)CC2C)s1. The summed E-state index contributed by atoms with van der Waals surface area (Å²) in [5.41, 5.74) is 1.73. The minimum absolute atomic E-state index is 0.430. The first-order valence-corrected chi connectivity index (χ1v) is 8.30. The Morgan fingerprint density at radius 2 is 2.05 bits per heavy atom. The van der Waals surface area contributed by atoms with Gasteiger partial charge in [-0.05, 0) is 51.4 Å². The molecule has 0 bridgehead atoms. The van der Waals surface area contributed by atoms with Crippen molar-refractivity contribution < 1.29 is 0 Å². The number of thiazole rings is 1. The van der Waals surface area contributed by atoms with Gasteiger partial charge in [0.15, 0.2) is 0 Å². The average molecular weight is 280 g/mol. The molecule has 1 aromatic rings. The van der Waals surface area contributed by atoms with Crippen molar-refractivity contribution in [1.29, 1.82) is 0 Å². The third-order valence-electron chi connectivity index (χ3n) is 4.49. The molecule has 1 fully saturated rings. The first kappa shape index (κ1) is 15.0. The third kappa shape index (κ3) is 3.57. The average Bonchev–Trinajstić information content (AvgIpc) is 2.61. The number of aryl methyl sites for hydroxylation is 2. The van der Waals surface area contributed by atoms with Crippen LogP contribution in [0.15, 0.2) is 0 Å². The lowest BCUT2D eigenvalue weighted by molar-refractivity contribution is 0.143. The molecule has 0 aliphatic heterocycles. The maximum Gasteiger partial charge on any atom is 0.0900 e. The van der Waals surface area contributed by atoms with E-state index in [1.165, 1.54) is 34.8 Å². The van der Waals surface area contributed by atoms with Crippen molar-refractivity contribution in [1.82, 2.24) is 10.3 Å². The van der Waals surface area contributed by atoms with E-state index < -0.39 is 0 Å². The Hall–Kier alpha value is -0.410. The predicted molar refractivity (Wildman–Crippen MR) is 83.7 cm³/mol. The monoisotopic (exact) mass is 280 g/mol. The smallest absolute Gasteiger partial charge is 0.0900 e. The lowest BCUT2D eigenvalue weighted by Crippen LogP contribution is -2.42. The zero-order valence-electron chi connectivity index (χ0n) is 13.2. The molecule has 1 aliphatic rings. The number of hydrogen-bond donors (Lipinski definition) is 1. The largest absolute Gasteiger partial charge is 0.306 e. The molecule has 3 atom stereocenters. The molecule has 0 radical (unpaired) electrons. The summed E-state index contributed by atoms with van der Waals surface area (Å²) >= 11 is 1.84. The molecule has 108 valence electrons. The highest BCUT2D eigenvalue weighted by atomic mass is 32.1. The number of aromatic nitrogens is 1. The molecule has 1 heterocycles. The van der Waals surface area contributed by atoms with Crippen LogP contribution < -0.4 is 5.32 Å². The third-order valence-corrected chi connectivity index (χ3v) is 5.75. The Morgan fingerprint density at radius 1 is 1.37 bits per heavy atom. The van der Waals surface area contributed by atoms with Gasteiger partial charge in [0.25, 0.3) is 0 Å². The quantitative estimate of drug-likeness (QED) is 0.873. The van der Waals surface area contributed by atoms with Crippen molar-refractivity contribution in [2.24, 2.45) is 11.3 Å². The first-order chi connectivity index (χ1) is 8.78. The summed E-state index contributed by atoms with van der Waals surface area (Å²) in [6, 6.07) is 1.09. The topological polar surface area (TPSA) is 24.9 Å². The van der Waals surface area contributed by atoms with E-state index in [0.29, 0.717) is 17.5 Å². The summed E-state index contributed by atoms with van der Waals surface area (Å²) in [4.78, 5) is 5.96.